The number of carbonyl (C=O) groups excluding carboxylic acids is 1. The third-order valence-corrected chi connectivity index (χ3v) is 6.16. The molecule has 0 spiro atoms. The van der Waals surface area contributed by atoms with Crippen LogP contribution in [0.5, 0.6) is 0 Å². The lowest BCUT2D eigenvalue weighted by molar-refractivity contribution is -0.153. The van der Waals surface area contributed by atoms with Gasteiger partial charge in [0.25, 0.3) is 0 Å². The molecule has 1 N–H and O–H groups in total. The summed E-state index contributed by atoms with van der Waals surface area (Å²) >= 11 is 0. The van der Waals surface area contributed by atoms with E-state index in [4.69, 9.17) is 4.74 Å². The summed E-state index contributed by atoms with van der Waals surface area (Å²) in [4.78, 5) is 26.8. The molecule has 0 fully saturated rings. The van der Waals surface area contributed by atoms with Crippen molar-refractivity contribution in [2.45, 2.75) is 64.5 Å². The van der Waals surface area contributed by atoms with Crippen molar-refractivity contribution in [2.75, 3.05) is 6.61 Å². The molecule has 30 heavy (non-hydrogen) atoms. The van der Waals surface area contributed by atoms with Gasteiger partial charge >= 0.3 is 12.1 Å². The lowest BCUT2D eigenvalue weighted by Gasteiger charge is -2.42. The molecule has 1 amide bonds. The van der Waals surface area contributed by atoms with Gasteiger partial charge in [-0.15, -0.1) is 0 Å². The fraction of sp³-hybridized carbons (Fsp3) is 0.440. The highest BCUT2D eigenvalue weighted by molar-refractivity contribution is 5.85. The van der Waals surface area contributed by atoms with E-state index in [0.29, 0.717) is 19.3 Å². The van der Waals surface area contributed by atoms with Crippen LogP contribution in [0.3, 0.4) is 0 Å². The minimum atomic E-state index is -1.26. The maximum Gasteiger partial charge on any atom is 0.410 e. The standard InChI is InChI=1S/C25H31NO4/c1-5-15-25(6-2,23(27)28)26(17(3)4)24(29)30-16-22-20-13-9-7-11-18(20)19-12-8-10-14-21(19)22/h7-14,17,22H,5-6,15-16H2,1-4H3,(H,27,28). The number of rotatable bonds is 8. The van der Waals surface area contributed by atoms with Crippen molar-refractivity contribution in [3.8, 4) is 11.1 Å². The number of ether oxygens (including phenoxy) is 1. The maximum absolute atomic E-state index is 13.2. The predicted octanol–water partition coefficient (Wildman–Crippen LogP) is 5.68. The van der Waals surface area contributed by atoms with E-state index in [1.165, 1.54) is 4.90 Å². The van der Waals surface area contributed by atoms with Gasteiger partial charge in [0.2, 0.25) is 0 Å². The molecule has 1 aliphatic carbocycles. The van der Waals surface area contributed by atoms with Crippen LogP contribution < -0.4 is 0 Å². The molecule has 0 saturated heterocycles. The van der Waals surface area contributed by atoms with Crippen LogP contribution in [0.4, 0.5) is 4.79 Å². The number of carbonyl (C=O) groups is 2. The van der Waals surface area contributed by atoms with Gasteiger partial charge in [-0.25, -0.2) is 9.59 Å². The topological polar surface area (TPSA) is 66.8 Å². The molecule has 2 aromatic carbocycles. The van der Waals surface area contributed by atoms with Gasteiger partial charge in [0.15, 0.2) is 0 Å². The van der Waals surface area contributed by atoms with Crippen LogP contribution in [-0.4, -0.2) is 40.3 Å². The summed E-state index contributed by atoms with van der Waals surface area (Å²) in [5.41, 5.74) is 3.33. The minimum absolute atomic E-state index is 0.0533. The number of benzene rings is 2. The fourth-order valence-electron chi connectivity index (χ4n) is 4.79. The fourth-order valence-corrected chi connectivity index (χ4v) is 4.79. The molecular weight excluding hydrogens is 378 g/mol. The Bertz CT molecular complexity index is 877. The third-order valence-electron chi connectivity index (χ3n) is 6.16. The van der Waals surface area contributed by atoms with E-state index in [2.05, 4.69) is 24.3 Å². The zero-order valence-corrected chi connectivity index (χ0v) is 18.2. The quantitative estimate of drug-likeness (QED) is 0.609. The van der Waals surface area contributed by atoms with Gasteiger partial charge in [0, 0.05) is 12.0 Å². The predicted molar refractivity (Wildman–Crippen MR) is 118 cm³/mol. The number of amides is 1. The van der Waals surface area contributed by atoms with Gasteiger partial charge < -0.3 is 9.84 Å². The number of nitrogens with zero attached hydrogens (tertiary/aromatic N) is 1. The molecule has 1 aliphatic rings. The summed E-state index contributed by atoms with van der Waals surface area (Å²) in [7, 11) is 0. The Kier molecular flexibility index (Phi) is 6.49. The molecule has 5 heteroatoms. The number of carboxylic acid groups (broad SMARTS) is 1. The highest BCUT2D eigenvalue weighted by Crippen LogP contribution is 2.44. The Morgan fingerprint density at radius 2 is 1.57 bits per heavy atom. The van der Waals surface area contributed by atoms with Crippen molar-refractivity contribution >= 4 is 12.1 Å². The molecule has 160 valence electrons. The van der Waals surface area contributed by atoms with E-state index in [9.17, 15) is 14.7 Å². The Morgan fingerprint density at radius 3 is 2.00 bits per heavy atom. The van der Waals surface area contributed by atoms with Crippen molar-refractivity contribution in [3.05, 3.63) is 59.7 Å². The second kappa shape index (κ2) is 8.90. The van der Waals surface area contributed by atoms with Gasteiger partial charge in [-0.3, -0.25) is 4.90 Å². The number of aliphatic carboxylic acids is 1. The zero-order chi connectivity index (χ0) is 21.9. The molecule has 1 unspecified atom stereocenters. The highest BCUT2D eigenvalue weighted by atomic mass is 16.6. The summed E-state index contributed by atoms with van der Waals surface area (Å²) in [5.74, 6) is -1.03. The first-order chi connectivity index (χ1) is 14.4. The summed E-state index contributed by atoms with van der Waals surface area (Å²) in [6, 6.07) is 16.0. The SMILES string of the molecule is CCCC(CC)(C(=O)O)N(C(=O)OCC1c2ccccc2-c2ccccc21)C(C)C. The molecule has 0 heterocycles. The van der Waals surface area contributed by atoms with Crippen molar-refractivity contribution in [1.29, 1.82) is 0 Å². The van der Waals surface area contributed by atoms with Crippen LogP contribution in [0.1, 0.15) is 64.0 Å². The molecule has 1 atom stereocenters. The van der Waals surface area contributed by atoms with Gasteiger partial charge in [-0.1, -0.05) is 68.8 Å². The van der Waals surface area contributed by atoms with Gasteiger partial charge in [0.1, 0.15) is 12.1 Å². The second-order valence-electron chi connectivity index (χ2n) is 8.21. The van der Waals surface area contributed by atoms with Crippen LogP contribution >= 0.6 is 0 Å². The van der Waals surface area contributed by atoms with Gasteiger partial charge in [0.05, 0.1) is 0 Å². The third kappa shape index (κ3) is 3.69. The first-order valence-electron chi connectivity index (χ1n) is 10.7. The van der Waals surface area contributed by atoms with E-state index in [1.54, 1.807) is 0 Å². The van der Waals surface area contributed by atoms with Crippen molar-refractivity contribution in [3.63, 3.8) is 0 Å². The average Bonchev–Trinajstić information content (AvgIpc) is 3.05. The van der Waals surface area contributed by atoms with Crippen molar-refractivity contribution < 1.29 is 19.4 Å². The number of hydrogen-bond donors (Lipinski definition) is 1. The van der Waals surface area contributed by atoms with Crippen LogP contribution in [-0.2, 0) is 9.53 Å². The Labute approximate surface area is 178 Å². The van der Waals surface area contributed by atoms with E-state index < -0.39 is 17.6 Å². The molecule has 0 aromatic heterocycles. The largest absolute Gasteiger partial charge is 0.479 e. The van der Waals surface area contributed by atoms with Gasteiger partial charge in [-0.05, 0) is 48.9 Å². The molecular formula is C25H31NO4. The first-order valence-corrected chi connectivity index (χ1v) is 10.7. The molecule has 0 radical (unpaired) electrons. The van der Waals surface area contributed by atoms with E-state index in [0.717, 1.165) is 22.3 Å². The Balaban J connectivity index is 1.87. The van der Waals surface area contributed by atoms with Gasteiger partial charge in [-0.2, -0.15) is 0 Å². The molecule has 2 aromatic rings. The molecule has 0 bridgehead atoms. The second-order valence-corrected chi connectivity index (χ2v) is 8.21. The normalized spacial score (nSPS) is 14.7. The number of hydrogen-bond acceptors (Lipinski definition) is 3. The number of fused-ring (bicyclic) bond motifs is 3. The van der Waals surface area contributed by atoms with Crippen LogP contribution in [0.15, 0.2) is 48.5 Å². The summed E-state index contributed by atoms with van der Waals surface area (Å²) in [6.45, 7) is 7.61. The maximum atomic E-state index is 13.2. The average molecular weight is 410 g/mol. The minimum Gasteiger partial charge on any atom is -0.479 e. The summed E-state index contributed by atoms with van der Waals surface area (Å²) < 4.78 is 5.79. The van der Waals surface area contributed by atoms with Crippen LogP contribution in [0, 0.1) is 0 Å². The zero-order valence-electron chi connectivity index (χ0n) is 18.2. The smallest absolute Gasteiger partial charge is 0.410 e. The molecule has 5 nitrogen and oxygen atoms in total. The van der Waals surface area contributed by atoms with Crippen molar-refractivity contribution in [1.82, 2.24) is 4.90 Å². The summed E-state index contributed by atoms with van der Waals surface area (Å²) in [6.07, 6.45) is 0.823. The van der Waals surface area contributed by atoms with Crippen molar-refractivity contribution in [2.24, 2.45) is 0 Å². The van der Waals surface area contributed by atoms with Crippen LogP contribution in [0.2, 0.25) is 0 Å². The van der Waals surface area contributed by atoms with E-state index >= 15 is 0 Å². The Hall–Kier alpha value is -2.82. The van der Waals surface area contributed by atoms with Crippen LogP contribution in [0.25, 0.3) is 11.1 Å². The summed E-state index contributed by atoms with van der Waals surface area (Å²) in [5, 5.41) is 10.0. The lowest BCUT2D eigenvalue weighted by Crippen LogP contribution is -2.59. The lowest BCUT2D eigenvalue weighted by atomic mass is 9.87. The Morgan fingerprint density at radius 1 is 1.03 bits per heavy atom. The first kappa shape index (κ1) is 21.9. The highest BCUT2D eigenvalue weighted by Gasteiger charge is 2.47. The molecule has 0 saturated carbocycles. The molecule has 3 rings (SSSR count). The van der Waals surface area contributed by atoms with E-state index in [-0.39, 0.29) is 18.6 Å². The monoisotopic (exact) mass is 409 g/mol. The molecule has 0 aliphatic heterocycles. The van der Waals surface area contributed by atoms with E-state index in [1.807, 2.05) is 52.0 Å². The number of carboxylic acids is 1.